The fourth-order valence-electron chi connectivity index (χ4n) is 1.42. The number of halogens is 1. The topological polar surface area (TPSA) is 29.5 Å². The minimum absolute atomic E-state index is 0.273. The summed E-state index contributed by atoms with van der Waals surface area (Å²) in [4.78, 5) is 0. The first-order chi connectivity index (χ1) is 6.54. The van der Waals surface area contributed by atoms with Crippen molar-refractivity contribution in [3.8, 4) is 5.75 Å². The van der Waals surface area contributed by atoms with Gasteiger partial charge in [0, 0.05) is 12.0 Å². The van der Waals surface area contributed by atoms with Crippen molar-refractivity contribution in [2.45, 2.75) is 26.4 Å². The smallest absolute Gasteiger partial charge is 0.130 e. The van der Waals surface area contributed by atoms with Crippen LogP contribution in [-0.4, -0.2) is 18.3 Å². The van der Waals surface area contributed by atoms with Crippen molar-refractivity contribution in [2.24, 2.45) is 0 Å². The number of hydrogen-bond acceptors (Lipinski definition) is 2. The van der Waals surface area contributed by atoms with E-state index in [-0.39, 0.29) is 12.2 Å². The van der Waals surface area contributed by atoms with E-state index < -0.39 is 6.10 Å². The molecule has 1 N–H and O–H groups in total. The van der Waals surface area contributed by atoms with Gasteiger partial charge in [0.15, 0.2) is 0 Å². The average Bonchev–Trinajstić information content (AvgIpc) is 2.08. The largest absolute Gasteiger partial charge is 0.496 e. The highest BCUT2D eigenvalue weighted by atomic mass is 19.1. The number of rotatable bonds is 3. The van der Waals surface area contributed by atoms with E-state index in [0.717, 1.165) is 5.56 Å². The third kappa shape index (κ3) is 2.45. The highest BCUT2D eigenvalue weighted by Crippen LogP contribution is 2.24. The molecule has 1 aromatic carbocycles. The van der Waals surface area contributed by atoms with Gasteiger partial charge >= 0.3 is 0 Å². The SMILES string of the molecule is COc1cc(C)cc(F)c1CC(C)O. The third-order valence-electron chi connectivity index (χ3n) is 2.02. The molecule has 14 heavy (non-hydrogen) atoms. The molecule has 0 heterocycles. The number of hydrogen-bond donors (Lipinski definition) is 1. The maximum atomic E-state index is 13.5. The maximum Gasteiger partial charge on any atom is 0.130 e. The van der Waals surface area contributed by atoms with E-state index in [4.69, 9.17) is 4.74 Å². The van der Waals surface area contributed by atoms with Crippen LogP contribution in [0.4, 0.5) is 4.39 Å². The monoisotopic (exact) mass is 198 g/mol. The molecular weight excluding hydrogens is 183 g/mol. The molecular formula is C11H15FO2. The van der Waals surface area contributed by atoms with Crippen LogP contribution in [-0.2, 0) is 6.42 Å². The molecule has 0 saturated carbocycles. The molecule has 0 aliphatic heterocycles. The van der Waals surface area contributed by atoms with Gasteiger partial charge in [-0.1, -0.05) is 0 Å². The number of aliphatic hydroxyl groups excluding tert-OH is 1. The first kappa shape index (κ1) is 11.0. The summed E-state index contributed by atoms with van der Waals surface area (Å²) in [5.41, 5.74) is 1.25. The van der Waals surface area contributed by atoms with E-state index in [2.05, 4.69) is 0 Å². The maximum absolute atomic E-state index is 13.5. The Balaban J connectivity index is 3.11. The zero-order valence-corrected chi connectivity index (χ0v) is 8.67. The summed E-state index contributed by atoms with van der Waals surface area (Å²) in [6.45, 7) is 3.43. The fraction of sp³-hybridized carbons (Fsp3) is 0.455. The summed E-state index contributed by atoms with van der Waals surface area (Å²) >= 11 is 0. The zero-order valence-electron chi connectivity index (χ0n) is 8.67. The second-order valence-corrected chi connectivity index (χ2v) is 3.48. The molecule has 1 aromatic rings. The average molecular weight is 198 g/mol. The lowest BCUT2D eigenvalue weighted by molar-refractivity contribution is 0.192. The summed E-state index contributed by atoms with van der Waals surface area (Å²) < 4.78 is 18.5. The van der Waals surface area contributed by atoms with Crippen molar-refractivity contribution in [1.29, 1.82) is 0 Å². The summed E-state index contributed by atoms with van der Waals surface area (Å²) in [5, 5.41) is 9.20. The van der Waals surface area contributed by atoms with Crippen LogP contribution in [0.3, 0.4) is 0 Å². The predicted octanol–water partition coefficient (Wildman–Crippen LogP) is 2.07. The molecule has 0 spiro atoms. The van der Waals surface area contributed by atoms with E-state index in [1.54, 1.807) is 19.9 Å². The van der Waals surface area contributed by atoms with E-state index in [1.807, 2.05) is 0 Å². The zero-order chi connectivity index (χ0) is 10.7. The number of aliphatic hydroxyl groups is 1. The van der Waals surface area contributed by atoms with Crippen molar-refractivity contribution in [3.63, 3.8) is 0 Å². The van der Waals surface area contributed by atoms with Crippen molar-refractivity contribution < 1.29 is 14.2 Å². The molecule has 1 unspecified atom stereocenters. The second-order valence-electron chi connectivity index (χ2n) is 3.48. The molecule has 0 aliphatic carbocycles. The van der Waals surface area contributed by atoms with Crippen LogP contribution < -0.4 is 4.74 Å². The van der Waals surface area contributed by atoms with Crippen molar-refractivity contribution >= 4 is 0 Å². The summed E-state index contributed by atoms with van der Waals surface area (Å²) in [6.07, 6.45) is -0.295. The van der Waals surface area contributed by atoms with Gasteiger partial charge in [0.25, 0.3) is 0 Å². The molecule has 0 aliphatic rings. The lowest BCUT2D eigenvalue weighted by Crippen LogP contribution is -2.08. The van der Waals surface area contributed by atoms with E-state index in [0.29, 0.717) is 11.3 Å². The lowest BCUT2D eigenvalue weighted by Gasteiger charge is -2.12. The molecule has 0 amide bonds. The fourth-order valence-corrected chi connectivity index (χ4v) is 1.42. The van der Waals surface area contributed by atoms with Gasteiger partial charge in [-0.15, -0.1) is 0 Å². The Morgan fingerprint density at radius 3 is 2.64 bits per heavy atom. The summed E-state index contributed by atoms with van der Waals surface area (Å²) in [6, 6.07) is 3.21. The van der Waals surface area contributed by atoms with Gasteiger partial charge in [-0.2, -0.15) is 0 Å². The van der Waals surface area contributed by atoms with Crippen LogP contribution in [0.15, 0.2) is 12.1 Å². The van der Waals surface area contributed by atoms with Crippen molar-refractivity contribution in [2.75, 3.05) is 7.11 Å². The highest BCUT2D eigenvalue weighted by molar-refractivity contribution is 5.38. The van der Waals surface area contributed by atoms with E-state index in [9.17, 15) is 9.50 Å². The van der Waals surface area contributed by atoms with E-state index in [1.165, 1.54) is 13.2 Å². The molecule has 0 radical (unpaired) electrons. The Kier molecular flexibility index (Phi) is 3.47. The Labute approximate surface area is 83.3 Å². The van der Waals surface area contributed by atoms with Gasteiger partial charge in [-0.05, 0) is 31.5 Å². The Bertz CT molecular complexity index is 321. The van der Waals surface area contributed by atoms with Crippen molar-refractivity contribution in [3.05, 3.63) is 29.1 Å². The molecule has 0 saturated heterocycles. The van der Waals surface area contributed by atoms with Crippen LogP contribution in [0, 0.1) is 12.7 Å². The van der Waals surface area contributed by atoms with E-state index >= 15 is 0 Å². The number of ether oxygens (including phenoxy) is 1. The Hall–Kier alpha value is -1.09. The number of methoxy groups -OCH3 is 1. The van der Waals surface area contributed by atoms with Gasteiger partial charge in [0.1, 0.15) is 11.6 Å². The third-order valence-corrected chi connectivity index (χ3v) is 2.02. The molecule has 1 atom stereocenters. The van der Waals surface area contributed by atoms with Gasteiger partial charge in [-0.25, -0.2) is 4.39 Å². The van der Waals surface area contributed by atoms with Gasteiger partial charge in [0.05, 0.1) is 13.2 Å². The van der Waals surface area contributed by atoms with Crippen LogP contribution in [0.25, 0.3) is 0 Å². The summed E-state index contributed by atoms with van der Waals surface area (Å²) in [7, 11) is 1.50. The molecule has 78 valence electrons. The first-order valence-corrected chi connectivity index (χ1v) is 4.55. The predicted molar refractivity (Wildman–Crippen MR) is 53.1 cm³/mol. The van der Waals surface area contributed by atoms with Crippen LogP contribution >= 0.6 is 0 Å². The Morgan fingerprint density at radius 1 is 1.50 bits per heavy atom. The van der Waals surface area contributed by atoms with Gasteiger partial charge in [-0.3, -0.25) is 0 Å². The molecule has 0 aromatic heterocycles. The van der Waals surface area contributed by atoms with Gasteiger partial charge < -0.3 is 9.84 Å². The minimum Gasteiger partial charge on any atom is -0.496 e. The normalized spacial score (nSPS) is 12.6. The molecule has 0 fully saturated rings. The summed E-state index contributed by atoms with van der Waals surface area (Å²) in [5.74, 6) is 0.186. The van der Waals surface area contributed by atoms with Gasteiger partial charge in [0.2, 0.25) is 0 Å². The quantitative estimate of drug-likeness (QED) is 0.805. The standard InChI is InChI=1S/C11H15FO2/c1-7-4-10(12)9(6-8(2)13)11(5-7)14-3/h4-5,8,13H,6H2,1-3H3. The molecule has 1 rings (SSSR count). The molecule has 2 nitrogen and oxygen atoms in total. The highest BCUT2D eigenvalue weighted by Gasteiger charge is 2.12. The molecule has 3 heteroatoms. The number of benzene rings is 1. The van der Waals surface area contributed by atoms with Crippen molar-refractivity contribution in [1.82, 2.24) is 0 Å². The lowest BCUT2D eigenvalue weighted by atomic mass is 10.0. The number of aryl methyl sites for hydroxylation is 1. The Morgan fingerprint density at radius 2 is 2.14 bits per heavy atom. The minimum atomic E-state index is -0.568. The van der Waals surface area contributed by atoms with Crippen LogP contribution in [0.1, 0.15) is 18.1 Å². The van der Waals surface area contributed by atoms with Crippen LogP contribution in [0.2, 0.25) is 0 Å². The molecule has 0 bridgehead atoms. The van der Waals surface area contributed by atoms with Crippen LogP contribution in [0.5, 0.6) is 5.75 Å². The first-order valence-electron chi connectivity index (χ1n) is 4.55. The second kappa shape index (κ2) is 4.42.